The number of rotatable bonds is 6. The first-order valence-corrected chi connectivity index (χ1v) is 6.94. The molecule has 0 aliphatic heterocycles. The molecule has 4 nitrogen and oxygen atoms in total. The van der Waals surface area contributed by atoms with Gasteiger partial charge in [-0.25, -0.2) is 0 Å². The first kappa shape index (κ1) is 15.4. The summed E-state index contributed by atoms with van der Waals surface area (Å²) in [7, 11) is 0. The predicted molar refractivity (Wildman–Crippen MR) is 73.3 cm³/mol. The van der Waals surface area contributed by atoms with Gasteiger partial charge in [0.1, 0.15) is 0 Å². The number of nitrogens with two attached hydrogens (primary N) is 1. The van der Waals surface area contributed by atoms with Gasteiger partial charge in [-0.2, -0.15) is 0 Å². The maximum absolute atomic E-state index is 12.1. The van der Waals surface area contributed by atoms with E-state index in [0.717, 1.165) is 12.8 Å². The van der Waals surface area contributed by atoms with Crippen molar-refractivity contribution in [1.82, 2.24) is 5.32 Å². The average Bonchev–Trinajstić information content (AvgIpc) is 2.75. The second-order valence-electron chi connectivity index (χ2n) is 6.38. The Hall–Kier alpha value is -0.610. The summed E-state index contributed by atoms with van der Waals surface area (Å²) >= 11 is 0. The largest absolute Gasteiger partial charge is 0.376 e. The SMILES string of the molecule is CC(C)(N)C(C)(C)C(=O)NCCOC1CCCC1. The lowest BCUT2D eigenvalue weighted by atomic mass is 9.74. The van der Waals surface area contributed by atoms with Gasteiger partial charge in [0.05, 0.1) is 18.1 Å². The van der Waals surface area contributed by atoms with Gasteiger partial charge in [-0.1, -0.05) is 12.8 Å². The van der Waals surface area contributed by atoms with Crippen LogP contribution in [0.15, 0.2) is 0 Å². The second-order valence-corrected chi connectivity index (χ2v) is 6.38. The van der Waals surface area contributed by atoms with E-state index in [1.54, 1.807) is 0 Å². The van der Waals surface area contributed by atoms with Gasteiger partial charge >= 0.3 is 0 Å². The Labute approximate surface area is 111 Å². The third kappa shape index (κ3) is 3.95. The molecule has 0 saturated heterocycles. The van der Waals surface area contributed by atoms with Crippen molar-refractivity contribution < 1.29 is 9.53 Å². The number of nitrogens with one attached hydrogen (secondary N) is 1. The van der Waals surface area contributed by atoms with E-state index in [4.69, 9.17) is 10.5 Å². The van der Waals surface area contributed by atoms with E-state index < -0.39 is 11.0 Å². The highest BCUT2D eigenvalue weighted by Gasteiger charge is 2.40. The average molecular weight is 256 g/mol. The number of hydrogen-bond donors (Lipinski definition) is 2. The minimum absolute atomic E-state index is 0.00924. The third-order valence-corrected chi connectivity index (χ3v) is 4.22. The highest BCUT2D eigenvalue weighted by Crippen LogP contribution is 2.28. The lowest BCUT2D eigenvalue weighted by Gasteiger charge is -2.36. The van der Waals surface area contributed by atoms with E-state index in [0.29, 0.717) is 19.3 Å². The minimum atomic E-state index is -0.583. The smallest absolute Gasteiger partial charge is 0.227 e. The Kier molecular flexibility index (Phi) is 5.17. The van der Waals surface area contributed by atoms with Crippen molar-refractivity contribution in [2.45, 2.75) is 65.0 Å². The molecule has 1 aliphatic rings. The third-order valence-electron chi connectivity index (χ3n) is 4.22. The highest BCUT2D eigenvalue weighted by molar-refractivity contribution is 5.83. The molecule has 0 spiro atoms. The van der Waals surface area contributed by atoms with Crippen molar-refractivity contribution in [1.29, 1.82) is 0 Å². The minimum Gasteiger partial charge on any atom is -0.376 e. The molecule has 0 unspecified atom stereocenters. The molecular weight excluding hydrogens is 228 g/mol. The Morgan fingerprint density at radius 3 is 2.33 bits per heavy atom. The Bertz CT molecular complexity index is 276. The van der Waals surface area contributed by atoms with E-state index in [1.807, 2.05) is 27.7 Å². The first-order chi connectivity index (χ1) is 8.25. The molecule has 0 bridgehead atoms. The normalized spacial score (nSPS) is 18.1. The highest BCUT2D eigenvalue weighted by atomic mass is 16.5. The van der Waals surface area contributed by atoms with Crippen molar-refractivity contribution in [3.63, 3.8) is 0 Å². The van der Waals surface area contributed by atoms with Crippen molar-refractivity contribution in [2.75, 3.05) is 13.2 Å². The standard InChI is InChI=1S/C14H28N2O2/c1-13(2,14(3,4)15)12(17)16-9-10-18-11-7-5-6-8-11/h11H,5-10,15H2,1-4H3,(H,16,17). The summed E-state index contributed by atoms with van der Waals surface area (Å²) in [4.78, 5) is 12.1. The topological polar surface area (TPSA) is 64.4 Å². The molecule has 0 aromatic carbocycles. The van der Waals surface area contributed by atoms with Crippen molar-refractivity contribution in [3.05, 3.63) is 0 Å². The molecule has 0 aromatic rings. The summed E-state index contributed by atoms with van der Waals surface area (Å²) in [6.45, 7) is 8.66. The summed E-state index contributed by atoms with van der Waals surface area (Å²) in [6, 6.07) is 0. The molecule has 4 heteroatoms. The molecule has 0 atom stereocenters. The van der Waals surface area contributed by atoms with Crippen molar-refractivity contribution in [3.8, 4) is 0 Å². The lowest BCUT2D eigenvalue weighted by Crippen LogP contribution is -2.55. The van der Waals surface area contributed by atoms with E-state index in [9.17, 15) is 4.79 Å². The molecule has 0 radical (unpaired) electrons. The Morgan fingerprint density at radius 1 is 1.28 bits per heavy atom. The summed E-state index contributed by atoms with van der Waals surface area (Å²) in [5.74, 6) is -0.00924. The van der Waals surface area contributed by atoms with Crippen LogP contribution in [-0.2, 0) is 9.53 Å². The fourth-order valence-corrected chi connectivity index (χ4v) is 1.96. The van der Waals surface area contributed by atoms with Gasteiger partial charge in [0.15, 0.2) is 0 Å². The summed E-state index contributed by atoms with van der Waals surface area (Å²) < 4.78 is 5.71. The van der Waals surface area contributed by atoms with Gasteiger partial charge in [0, 0.05) is 12.1 Å². The zero-order valence-electron chi connectivity index (χ0n) is 12.2. The maximum atomic E-state index is 12.1. The van der Waals surface area contributed by atoms with Crippen molar-refractivity contribution >= 4 is 5.91 Å². The van der Waals surface area contributed by atoms with Gasteiger partial charge in [0.2, 0.25) is 5.91 Å². The quantitative estimate of drug-likeness (QED) is 0.713. The van der Waals surface area contributed by atoms with Crippen LogP contribution in [0.3, 0.4) is 0 Å². The first-order valence-electron chi connectivity index (χ1n) is 6.94. The Balaban J connectivity index is 2.24. The van der Waals surface area contributed by atoms with Gasteiger partial charge in [-0.15, -0.1) is 0 Å². The molecule has 106 valence electrons. The number of hydrogen-bond acceptors (Lipinski definition) is 3. The molecule has 1 aliphatic carbocycles. The van der Waals surface area contributed by atoms with Crippen LogP contribution in [-0.4, -0.2) is 30.7 Å². The molecule has 1 amide bonds. The number of amides is 1. The monoisotopic (exact) mass is 256 g/mol. The van der Waals surface area contributed by atoms with Crippen molar-refractivity contribution in [2.24, 2.45) is 11.1 Å². The van der Waals surface area contributed by atoms with Gasteiger partial charge in [-0.05, 0) is 40.5 Å². The molecule has 0 aromatic heterocycles. The summed E-state index contributed by atoms with van der Waals surface area (Å²) in [5, 5.41) is 2.91. The number of ether oxygens (including phenoxy) is 1. The molecule has 1 rings (SSSR count). The summed E-state index contributed by atoms with van der Waals surface area (Å²) in [5.41, 5.74) is 4.90. The lowest BCUT2D eigenvalue weighted by molar-refractivity contribution is -0.132. The molecular formula is C14H28N2O2. The van der Waals surface area contributed by atoms with E-state index >= 15 is 0 Å². The molecule has 0 heterocycles. The molecule has 3 N–H and O–H groups in total. The zero-order valence-corrected chi connectivity index (χ0v) is 12.2. The molecule has 1 saturated carbocycles. The van der Waals surface area contributed by atoms with Crippen LogP contribution < -0.4 is 11.1 Å². The van der Waals surface area contributed by atoms with Crippen LogP contribution in [0.5, 0.6) is 0 Å². The maximum Gasteiger partial charge on any atom is 0.227 e. The van der Waals surface area contributed by atoms with Gasteiger partial charge in [-0.3, -0.25) is 4.79 Å². The number of carbonyl (C=O) groups excluding carboxylic acids is 1. The van der Waals surface area contributed by atoms with E-state index in [2.05, 4.69) is 5.32 Å². The van der Waals surface area contributed by atoms with Crippen LogP contribution in [0.25, 0.3) is 0 Å². The summed E-state index contributed by atoms with van der Waals surface area (Å²) in [6.07, 6.45) is 5.27. The fraction of sp³-hybridized carbons (Fsp3) is 0.929. The fourth-order valence-electron chi connectivity index (χ4n) is 1.96. The van der Waals surface area contributed by atoms with Crippen LogP contribution >= 0.6 is 0 Å². The molecule has 1 fully saturated rings. The Morgan fingerprint density at radius 2 is 1.83 bits per heavy atom. The zero-order chi connectivity index (χ0) is 13.8. The predicted octanol–water partition coefficient (Wildman–Crippen LogP) is 1.83. The van der Waals surface area contributed by atoms with E-state index in [-0.39, 0.29) is 5.91 Å². The van der Waals surface area contributed by atoms with Crippen LogP contribution in [0.4, 0.5) is 0 Å². The van der Waals surface area contributed by atoms with Gasteiger partial charge < -0.3 is 15.8 Å². The van der Waals surface area contributed by atoms with Crippen LogP contribution in [0.1, 0.15) is 53.4 Å². The van der Waals surface area contributed by atoms with Crippen LogP contribution in [0.2, 0.25) is 0 Å². The second kappa shape index (κ2) is 6.02. The molecule has 18 heavy (non-hydrogen) atoms. The van der Waals surface area contributed by atoms with Gasteiger partial charge in [0.25, 0.3) is 0 Å². The number of carbonyl (C=O) groups is 1. The van der Waals surface area contributed by atoms with Crippen LogP contribution in [0, 0.1) is 5.41 Å². The van der Waals surface area contributed by atoms with E-state index in [1.165, 1.54) is 12.8 Å².